The monoisotopic (exact) mass is 305 g/mol. The van der Waals surface area contributed by atoms with Gasteiger partial charge in [-0.1, -0.05) is 26.8 Å². The molecule has 1 aliphatic rings. The number of carbonyl (C=O) groups excluding carboxylic acids is 1. The fraction of sp³-hybridized carbons (Fsp3) is 0.611. The van der Waals surface area contributed by atoms with Crippen LogP contribution < -0.4 is 16.0 Å². The third-order valence-electron chi connectivity index (χ3n) is 3.86. The van der Waals surface area contributed by atoms with Gasteiger partial charge in [0, 0.05) is 12.7 Å². The summed E-state index contributed by atoms with van der Waals surface area (Å²) in [5, 5.41) is 8.62. The van der Waals surface area contributed by atoms with Crippen molar-refractivity contribution >= 4 is 11.7 Å². The van der Waals surface area contributed by atoms with Crippen LogP contribution in [0.3, 0.4) is 0 Å². The average Bonchev–Trinajstić information content (AvgIpc) is 2.89. The predicted octanol–water partition coefficient (Wildman–Crippen LogP) is 3.88. The quantitative estimate of drug-likeness (QED) is 0.723. The first-order chi connectivity index (χ1) is 10.6. The lowest BCUT2D eigenvalue weighted by atomic mass is 10.0. The van der Waals surface area contributed by atoms with Crippen LogP contribution in [-0.4, -0.2) is 26.2 Å². The van der Waals surface area contributed by atoms with Gasteiger partial charge in [0.05, 0.1) is 0 Å². The second kappa shape index (κ2) is 10.2. The molecule has 2 rings (SSSR count). The number of anilines is 1. The minimum atomic E-state index is -0.166. The summed E-state index contributed by atoms with van der Waals surface area (Å²) in [4.78, 5) is 11.1. The second-order valence-electron chi connectivity index (χ2n) is 5.81. The molecule has 0 aliphatic heterocycles. The molecule has 0 fully saturated rings. The predicted molar refractivity (Wildman–Crippen MR) is 94.7 cm³/mol. The summed E-state index contributed by atoms with van der Waals surface area (Å²) in [6.45, 7) is 8.95. The highest BCUT2D eigenvalue weighted by molar-refractivity contribution is 5.89. The molecule has 0 bridgehead atoms. The molecule has 2 amide bonds. The standard InChI is InChI=1S/C12H16N2O.C6H15N/c1-8-3-4-9-5-6-10(7-11(8)9)14-12(15)13-2;1-3-5-7-6-4-2/h5-8H,3-4H2,1-2H3,(H2,13,14,15);7H,3-6H2,1-2H3. The largest absolute Gasteiger partial charge is 0.341 e. The number of hydrogen-bond acceptors (Lipinski definition) is 2. The highest BCUT2D eigenvalue weighted by Gasteiger charge is 2.18. The molecule has 124 valence electrons. The zero-order chi connectivity index (χ0) is 16.4. The van der Waals surface area contributed by atoms with E-state index >= 15 is 0 Å². The van der Waals surface area contributed by atoms with Crippen molar-refractivity contribution < 1.29 is 4.79 Å². The molecule has 1 aromatic carbocycles. The first kappa shape index (κ1) is 18.5. The van der Waals surface area contributed by atoms with E-state index in [-0.39, 0.29) is 6.03 Å². The van der Waals surface area contributed by atoms with Crippen molar-refractivity contribution in [1.29, 1.82) is 0 Å². The van der Waals surface area contributed by atoms with Crippen LogP contribution in [0.25, 0.3) is 0 Å². The van der Waals surface area contributed by atoms with Crippen LogP contribution in [0.4, 0.5) is 10.5 Å². The van der Waals surface area contributed by atoms with E-state index in [1.165, 1.54) is 43.5 Å². The Labute approximate surface area is 135 Å². The third-order valence-corrected chi connectivity index (χ3v) is 3.86. The van der Waals surface area contributed by atoms with Crippen molar-refractivity contribution in [3.8, 4) is 0 Å². The molecule has 1 aliphatic carbocycles. The Kier molecular flexibility index (Phi) is 8.60. The maximum Gasteiger partial charge on any atom is 0.318 e. The SMILES string of the molecule is CCCNCCC.CNC(=O)Nc1ccc2c(c1)C(C)CC2. The zero-order valence-corrected chi connectivity index (χ0v) is 14.5. The molecule has 4 nitrogen and oxygen atoms in total. The number of nitrogens with one attached hydrogen (secondary N) is 3. The molecular weight excluding hydrogens is 274 g/mol. The lowest BCUT2D eigenvalue weighted by molar-refractivity contribution is 0.254. The number of amides is 2. The van der Waals surface area contributed by atoms with Gasteiger partial charge in [-0.25, -0.2) is 4.79 Å². The van der Waals surface area contributed by atoms with Gasteiger partial charge >= 0.3 is 6.03 Å². The van der Waals surface area contributed by atoms with E-state index in [9.17, 15) is 4.79 Å². The molecule has 0 heterocycles. The molecule has 0 saturated carbocycles. The molecule has 0 aromatic heterocycles. The number of rotatable bonds is 5. The number of aryl methyl sites for hydroxylation is 1. The molecule has 4 heteroatoms. The summed E-state index contributed by atoms with van der Waals surface area (Å²) in [5.74, 6) is 0.617. The Morgan fingerprint density at radius 2 is 1.91 bits per heavy atom. The van der Waals surface area contributed by atoms with Gasteiger partial charge in [-0.05, 0) is 68.0 Å². The van der Waals surface area contributed by atoms with Crippen molar-refractivity contribution in [1.82, 2.24) is 10.6 Å². The van der Waals surface area contributed by atoms with Crippen molar-refractivity contribution in [3.05, 3.63) is 29.3 Å². The van der Waals surface area contributed by atoms with Gasteiger partial charge in [-0.3, -0.25) is 0 Å². The third kappa shape index (κ3) is 6.06. The lowest BCUT2D eigenvalue weighted by Crippen LogP contribution is -2.24. The van der Waals surface area contributed by atoms with E-state index in [2.05, 4.69) is 48.9 Å². The summed E-state index contributed by atoms with van der Waals surface area (Å²) in [5.41, 5.74) is 3.68. The summed E-state index contributed by atoms with van der Waals surface area (Å²) in [7, 11) is 1.62. The number of benzene rings is 1. The van der Waals surface area contributed by atoms with Crippen molar-refractivity contribution in [2.45, 2.75) is 52.4 Å². The number of urea groups is 1. The summed E-state index contributed by atoms with van der Waals surface area (Å²) in [6.07, 6.45) is 4.88. The zero-order valence-electron chi connectivity index (χ0n) is 14.5. The van der Waals surface area contributed by atoms with E-state index in [0.29, 0.717) is 5.92 Å². The van der Waals surface area contributed by atoms with Gasteiger partial charge in [0.1, 0.15) is 0 Å². The Hall–Kier alpha value is -1.55. The van der Waals surface area contributed by atoms with Gasteiger partial charge in [0.25, 0.3) is 0 Å². The fourth-order valence-corrected chi connectivity index (χ4v) is 2.56. The highest BCUT2D eigenvalue weighted by atomic mass is 16.2. The van der Waals surface area contributed by atoms with Crippen LogP contribution in [0.1, 0.15) is 57.1 Å². The second-order valence-corrected chi connectivity index (χ2v) is 5.81. The summed E-state index contributed by atoms with van der Waals surface area (Å²) in [6, 6.07) is 6.00. The molecule has 1 atom stereocenters. The van der Waals surface area contributed by atoms with Gasteiger partial charge in [0.2, 0.25) is 0 Å². The van der Waals surface area contributed by atoms with Crippen LogP contribution in [0.5, 0.6) is 0 Å². The van der Waals surface area contributed by atoms with E-state index in [1.54, 1.807) is 7.05 Å². The van der Waals surface area contributed by atoms with Gasteiger partial charge in [0.15, 0.2) is 0 Å². The fourth-order valence-electron chi connectivity index (χ4n) is 2.56. The Balaban J connectivity index is 0.000000295. The molecule has 1 aromatic rings. The maximum atomic E-state index is 11.1. The minimum Gasteiger partial charge on any atom is -0.341 e. The highest BCUT2D eigenvalue weighted by Crippen LogP contribution is 2.34. The summed E-state index contributed by atoms with van der Waals surface area (Å²) < 4.78 is 0. The van der Waals surface area contributed by atoms with Gasteiger partial charge in [-0.2, -0.15) is 0 Å². The average molecular weight is 305 g/mol. The molecule has 22 heavy (non-hydrogen) atoms. The van der Waals surface area contributed by atoms with Gasteiger partial charge < -0.3 is 16.0 Å². The first-order valence-electron chi connectivity index (χ1n) is 8.44. The van der Waals surface area contributed by atoms with E-state index in [1.807, 2.05) is 6.07 Å². The topological polar surface area (TPSA) is 53.2 Å². The lowest BCUT2D eigenvalue weighted by Gasteiger charge is -2.08. The molecule has 3 N–H and O–H groups in total. The molecule has 1 unspecified atom stereocenters. The number of carbonyl (C=O) groups is 1. The number of hydrogen-bond donors (Lipinski definition) is 3. The van der Waals surface area contributed by atoms with Crippen LogP contribution in [0.15, 0.2) is 18.2 Å². The summed E-state index contributed by atoms with van der Waals surface area (Å²) >= 11 is 0. The number of fused-ring (bicyclic) bond motifs is 1. The Morgan fingerprint density at radius 3 is 2.50 bits per heavy atom. The van der Waals surface area contributed by atoms with Crippen molar-refractivity contribution in [2.75, 3.05) is 25.5 Å². The van der Waals surface area contributed by atoms with Crippen LogP contribution in [-0.2, 0) is 6.42 Å². The maximum absolute atomic E-state index is 11.1. The molecule has 0 spiro atoms. The molecular formula is C18H31N3O. The van der Waals surface area contributed by atoms with Gasteiger partial charge in [-0.15, -0.1) is 0 Å². The van der Waals surface area contributed by atoms with Crippen LogP contribution >= 0.6 is 0 Å². The minimum absolute atomic E-state index is 0.166. The molecule has 0 radical (unpaired) electrons. The van der Waals surface area contributed by atoms with Crippen molar-refractivity contribution in [2.24, 2.45) is 0 Å². The first-order valence-corrected chi connectivity index (χ1v) is 8.44. The van der Waals surface area contributed by atoms with E-state index in [0.717, 1.165) is 12.1 Å². The Morgan fingerprint density at radius 1 is 1.23 bits per heavy atom. The van der Waals surface area contributed by atoms with Crippen LogP contribution in [0.2, 0.25) is 0 Å². The normalized spacial score (nSPS) is 15.5. The Bertz CT molecular complexity index is 456. The smallest absolute Gasteiger partial charge is 0.318 e. The van der Waals surface area contributed by atoms with Crippen LogP contribution in [0, 0.1) is 0 Å². The van der Waals surface area contributed by atoms with Crippen molar-refractivity contribution in [3.63, 3.8) is 0 Å². The van der Waals surface area contributed by atoms with E-state index in [4.69, 9.17) is 0 Å². The van der Waals surface area contributed by atoms with E-state index < -0.39 is 0 Å². The molecule has 0 saturated heterocycles.